The number of hydrogen-bond acceptors (Lipinski definition) is 3. The van der Waals surface area contributed by atoms with E-state index < -0.39 is 6.10 Å². The molecule has 27 heavy (non-hydrogen) atoms. The van der Waals surface area contributed by atoms with Crippen LogP contribution >= 0.6 is 0 Å². The quantitative estimate of drug-likeness (QED) is 0.826. The van der Waals surface area contributed by atoms with Crippen LogP contribution in [0.1, 0.15) is 38.7 Å². The number of unbranched alkanes of at least 4 members (excludes halogenated alkanes) is 1. The van der Waals surface area contributed by atoms with Gasteiger partial charge in [0, 0.05) is 12.1 Å². The predicted molar refractivity (Wildman–Crippen MR) is 102 cm³/mol. The maximum atomic E-state index is 13.2. The van der Waals surface area contributed by atoms with Crippen molar-refractivity contribution in [3.63, 3.8) is 0 Å². The number of amides is 2. The van der Waals surface area contributed by atoms with Gasteiger partial charge in [-0.2, -0.15) is 0 Å². The Labute approximate surface area is 158 Å². The van der Waals surface area contributed by atoms with E-state index in [2.05, 4.69) is 5.32 Å². The SMILES string of the molecule is CCCCC(=O)Nc1ccc2c(c1)N(Cc1ccc(F)cc1)C(=O)C(C)O2. The highest BCUT2D eigenvalue weighted by atomic mass is 19.1. The molecular weight excluding hydrogens is 347 g/mol. The summed E-state index contributed by atoms with van der Waals surface area (Å²) in [5.74, 6) is 0.0215. The van der Waals surface area contributed by atoms with Crippen molar-refractivity contribution in [2.75, 3.05) is 10.2 Å². The number of carbonyl (C=O) groups excluding carboxylic acids is 2. The maximum Gasteiger partial charge on any atom is 0.268 e. The second kappa shape index (κ2) is 8.20. The molecule has 0 spiro atoms. The summed E-state index contributed by atoms with van der Waals surface area (Å²) in [6.07, 6.45) is 1.62. The van der Waals surface area contributed by atoms with Crippen molar-refractivity contribution in [1.82, 2.24) is 0 Å². The van der Waals surface area contributed by atoms with E-state index in [1.54, 1.807) is 42.2 Å². The van der Waals surface area contributed by atoms with Gasteiger partial charge in [-0.1, -0.05) is 25.5 Å². The number of benzene rings is 2. The molecule has 0 saturated carbocycles. The molecule has 1 aliphatic rings. The van der Waals surface area contributed by atoms with Crippen molar-refractivity contribution in [3.8, 4) is 5.75 Å². The molecule has 5 nitrogen and oxygen atoms in total. The van der Waals surface area contributed by atoms with Crippen LogP contribution in [0.5, 0.6) is 5.75 Å². The molecule has 0 fully saturated rings. The van der Waals surface area contributed by atoms with E-state index in [1.165, 1.54) is 12.1 Å². The second-order valence-electron chi connectivity index (χ2n) is 6.65. The molecule has 0 aliphatic carbocycles. The summed E-state index contributed by atoms with van der Waals surface area (Å²) in [5.41, 5.74) is 2.02. The van der Waals surface area contributed by atoms with Crippen molar-refractivity contribution in [2.24, 2.45) is 0 Å². The average Bonchev–Trinajstić information content (AvgIpc) is 2.66. The average molecular weight is 370 g/mol. The van der Waals surface area contributed by atoms with Gasteiger partial charge in [-0.15, -0.1) is 0 Å². The Kier molecular flexibility index (Phi) is 5.74. The summed E-state index contributed by atoms with van der Waals surface area (Å²) in [6.45, 7) is 4.03. The second-order valence-corrected chi connectivity index (χ2v) is 6.65. The zero-order valence-corrected chi connectivity index (χ0v) is 15.5. The van der Waals surface area contributed by atoms with Crippen LogP contribution in [0.4, 0.5) is 15.8 Å². The molecule has 2 aromatic carbocycles. The van der Waals surface area contributed by atoms with Crippen molar-refractivity contribution < 1.29 is 18.7 Å². The first kappa shape index (κ1) is 18.9. The molecule has 1 heterocycles. The molecule has 2 aromatic rings. The molecule has 1 N–H and O–H groups in total. The van der Waals surface area contributed by atoms with Crippen LogP contribution in [0.2, 0.25) is 0 Å². The third-order valence-corrected chi connectivity index (χ3v) is 4.46. The number of hydrogen-bond donors (Lipinski definition) is 1. The number of anilines is 2. The molecule has 0 aromatic heterocycles. The van der Waals surface area contributed by atoms with Gasteiger partial charge in [0.05, 0.1) is 12.2 Å². The molecule has 6 heteroatoms. The Hall–Kier alpha value is -2.89. The molecule has 1 unspecified atom stereocenters. The Morgan fingerprint density at radius 1 is 1.22 bits per heavy atom. The summed E-state index contributed by atoms with van der Waals surface area (Å²) >= 11 is 0. The molecule has 2 amide bonds. The summed E-state index contributed by atoms with van der Waals surface area (Å²) in [6, 6.07) is 11.3. The van der Waals surface area contributed by atoms with Crippen molar-refractivity contribution >= 4 is 23.2 Å². The van der Waals surface area contributed by atoms with Crippen LogP contribution < -0.4 is 15.0 Å². The van der Waals surface area contributed by atoms with Crippen molar-refractivity contribution in [1.29, 1.82) is 0 Å². The first-order chi connectivity index (χ1) is 13.0. The molecule has 1 aliphatic heterocycles. The Balaban J connectivity index is 1.86. The Morgan fingerprint density at radius 3 is 2.67 bits per heavy atom. The highest BCUT2D eigenvalue weighted by molar-refractivity contribution is 6.01. The molecule has 1 atom stereocenters. The zero-order valence-electron chi connectivity index (χ0n) is 15.5. The third-order valence-electron chi connectivity index (χ3n) is 4.46. The van der Waals surface area contributed by atoms with Gasteiger partial charge in [0.25, 0.3) is 5.91 Å². The van der Waals surface area contributed by atoms with Gasteiger partial charge in [-0.05, 0) is 49.2 Å². The van der Waals surface area contributed by atoms with E-state index in [9.17, 15) is 14.0 Å². The summed E-state index contributed by atoms with van der Waals surface area (Å²) in [7, 11) is 0. The zero-order chi connectivity index (χ0) is 19.4. The number of halogens is 1. The molecule has 0 radical (unpaired) electrons. The number of nitrogens with one attached hydrogen (secondary N) is 1. The third kappa shape index (κ3) is 4.45. The summed E-state index contributed by atoms with van der Waals surface area (Å²) < 4.78 is 18.9. The number of nitrogens with zero attached hydrogens (tertiary/aromatic N) is 1. The first-order valence-corrected chi connectivity index (χ1v) is 9.14. The van der Waals surface area contributed by atoms with Gasteiger partial charge in [0.15, 0.2) is 6.10 Å². The van der Waals surface area contributed by atoms with E-state index in [-0.39, 0.29) is 17.6 Å². The number of ether oxygens (including phenoxy) is 1. The van der Waals surface area contributed by atoms with Crippen LogP contribution in [-0.2, 0) is 16.1 Å². The standard InChI is InChI=1S/C21H23FN2O3/c1-3-4-5-20(25)23-17-10-11-19-18(12-17)24(21(26)14(2)27-19)13-15-6-8-16(22)9-7-15/h6-12,14H,3-5,13H2,1-2H3,(H,23,25). The van der Waals surface area contributed by atoms with Crippen molar-refractivity contribution in [2.45, 2.75) is 45.8 Å². The van der Waals surface area contributed by atoms with Gasteiger partial charge < -0.3 is 15.0 Å². The lowest BCUT2D eigenvalue weighted by atomic mass is 10.1. The summed E-state index contributed by atoms with van der Waals surface area (Å²) in [4.78, 5) is 26.3. The van der Waals surface area contributed by atoms with E-state index in [1.807, 2.05) is 6.92 Å². The molecular formula is C21H23FN2O3. The van der Waals surface area contributed by atoms with Gasteiger partial charge in [0.2, 0.25) is 5.91 Å². The predicted octanol–water partition coefficient (Wildman–Crippen LogP) is 4.27. The van der Waals surface area contributed by atoms with Crippen LogP contribution in [0, 0.1) is 5.82 Å². The van der Waals surface area contributed by atoms with Gasteiger partial charge >= 0.3 is 0 Å². The van der Waals surface area contributed by atoms with Gasteiger partial charge in [-0.25, -0.2) is 4.39 Å². The normalized spacial score (nSPS) is 15.9. The number of fused-ring (bicyclic) bond motifs is 1. The number of carbonyl (C=O) groups is 2. The first-order valence-electron chi connectivity index (χ1n) is 9.14. The van der Waals surface area contributed by atoms with Gasteiger partial charge in [0.1, 0.15) is 11.6 Å². The summed E-state index contributed by atoms with van der Waals surface area (Å²) in [5, 5.41) is 2.86. The van der Waals surface area contributed by atoms with E-state index in [0.717, 1.165) is 18.4 Å². The van der Waals surface area contributed by atoms with E-state index in [0.29, 0.717) is 30.1 Å². The highest BCUT2D eigenvalue weighted by Crippen LogP contribution is 2.37. The molecule has 3 rings (SSSR count). The number of rotatable bonds is 6. The smallest absolute Gasteiger partial charge is 0.268 e. The lowest BCUT2D eigenvalue weighted by molar-refractivity contribution is -0.125. The fourth-order valence-electron chi connectivity index (χ4n) is 2.98. The fourth-order valence-corrected chi connectivity index (χ4v) is 2.98. The van der Waals surface area contributed by atoms with E-state index >= 15 is 0 Å². The lowest BCUT2D eigenvalue weighted by Crippen LogP contribution is -2.44. The maximum absolute atomic E-state index is 13.2. The topological polar surface area (TPSA) is 58.6 Å². The monoisotopic (exact) mass is 370 g/mol. The molecule has 142 valence electrons. The molecule has 0 bridgehead atoms. The van der Waals surface area contributed by atoms with Gasteiger partial charge in [-0.3, -0.25) is 9.59 Å². The van der Waals surface area contributed by atoms with Crippen LogP contribution in [0.3, 0.4) is 0 Å². The fraction of sp³-hybridized carbons (Fsp3) is 0.333. The highest BCUT2D eigenvalue weighted by Gasteiger charge is 2.31. The van der Waals surface area contributed by atoms with Crippen LogP contribution in [0.25, 0.3) is 0 Å². The minimum Gasteiger partial charge on any atom is -0.479 e. The minimum absolute atomic E-state index is 0.0571. The largest absolute Gasteiger partial charge is 0.479 e. The van der Waals surface area contributed by atoms with Crippen LogP contribution in [0.15, 0.2) is 42.5 Å². The van der Waals surface area contributed by atoms with E-state index in [4.69, 9.17) is 4.74 Å². The Morgan fingerprint density at radius 2 is 1.96 bits per heavy atom. The minimum atomic E-state index is -0.608. The Bertz CT molecular complexity index is 836. The lowest BCUT2D eigenvalue weighted by Gasteiger charge is -2.33. The van der Waals surface area contributed by atoms with Crippen molar-refractivity contribution in [3.05, 3.63) is 53.8 Å². The molecule has 0 saturated heterocycles. The van der Waals surface area contributed by atoms with Crippen LogP contribution in [-0.4, -0.2) is 17.9 Å².